The van der Waals surface area contributed by atoms with Crippen LogP contribution in [0.1, 0.15) is 29.3 Å². The Kier molecular flexibility index (Phi) is 7.30. The molecule has 0 aromatic heterocycles. The van der Waals surface area contributed by atoms with E-state index in [1.54, 1.807) is 12.1 Å². The normalized spacial score (nSPS) is 9.48. The lowest BCUT2D eigenvalue weighted by atomic mass is 10.1. The third kappa shape index (κ3) is 5.86. The summed E-state index contributed by atoms with van der Waals surface area (Å²) in [6, 6.07) is 4.77. The molecule has 0 aliphatic rings. The Morgan fingerprint density at radius 1 is 1.33 bits per heavy atom. The van der Waals surface area contributed by atoms with Crippen LogP contribution in [0.3, 0.4) is 0 Å². The lowest BCUT2D eigenvalue weighted by Crippen LogP contribution is -2.37. The van der Waals surface area contributed by atoms with E-state index in [1.165, 1.54) is 6.07 Å². The Morgan fingerprint density at radius 2 is 2.10 bits per heavy atom. The molecule has 1 aromatic carbocycles. The first-order chi connectivity index (χ1) is 10.1. The number of hydrogen-bond acceptors (Lipinski definition) is 3. The van der Waals surface area contributed by atoms with Gasteiger partial charge in [-0.1, -0.05) is 30.4 Å². The van der Waals surface area contributed by atoms with Crippen LogP contribution in [-0.2, 0) is 4.79 Å². The summed E-state index contributed by atoms with van der Waals surface area (Å²) in [6.07, 6.45) is 0.848. The standard InChI is InChI=1S/C15H18ClN3O2/c1-2-8-18-14(20)10-19-15(21)12-6-5-11(4-3-7-17)13(16)9-12/h5-6,9H,2,7-8,10,17H2,1H3,(H,18,20)(H,19,21). The third-order valence-electron chi connectivity index (χ3n) is 2.54. The molecule has 5 nitrogen and oxygen atoms in total. The van der Waals surface area contributed by atoms with E-state index in [4.69, 9.17) is 17.3 Å². The van der Waals surface area contributed by atoms with E-state index < -0.39 is 0 Å². The summed E-state index contributed by atoms with van der Waals surface area (Å²) in [5, 5.41) is 5.58. The van der Waals surface area contributed by atoms with Gasteiger partial charge in [0.2, 0.25) is 5.91 Å². The van der Waals surface area contributed by atoms with Gasteiger partial charge in [-0.2, -0.15) is 0 Å². The monoisotopic (exact) mass is 307 g/mol. The summed E-state index contributed by atoms with van der Waals surface area (Å²) in [5.41, 5.74) is 6.28. The number of benzene rings is 1. The second kappa shape index (κ2) is 9.01. The van der Waals surface area contributed by atoms with Gasteiger partial charge in [0.1, 0.15) is 0 Å². The number of nitrogens with one attached hydrogen (secondary N) is 2. The fourth-order valence-electron chi connectivity index (χ4n) is 1.49. The van der Waals surface area contributed by atoms with Gasteiger partial charge in [-0.3, -0.25) is 9.59 Å². The molecule has 4 N–H and O–H groups in total. The first kappa shape index (κ1) is 17.0. The maximum atomic E-state index is 11.9. The zero-order valence-electron chi connectivity index (χ0n) is 11.8. The number of hydrogen-bond donors (Lipinski definition) is 3. The number of amides is 2. The summed E-state index contributed by atoms with van der Waals surface area (Å²) in [5.74, 6) is 4.92. The Morgan fingerprint density at radius 3 is 2.71 bits per heavy atom. The van der Waals surface area contributed by atoms with Crippen LogP contribution >= 0.6 is 11.6 Å². The summed E-state index contributed by atoms with van der Waals surface area (Å²) >= 11 is 6.04. The summed E-state index contributed by atoms with van der Waals surface area (Å²) < 4.78 is 0. The van der Waals surface area contributed by atoms with Crippen LogP contribution in [0.2, 0.25) is 5.02 Å². The molecule has 1 rings (SSSR count). The largest absolute Gasteiger partial charge is 0.355 e. The van der Waals surface area contributed by atoms with Gasteiger partial charge in [0, 0.05) is 17.7 Å². The van der Waals surface area contributed by atoms with E-state index in [0.717, 1.165) is 6.42 Å². The summed E-state index contributed by atoms with van der Waals surface area (Å²) in [4.78, 5) is 23.3. The van der Waals surface area contributed by atoms with Crippen molar-refractivity contribution in [2.75, 3.05) is 19.6 Å². The van der Waals surface area contributed by atoms with Crippen LogP contribution in [0.4, 0.5) is 0 Å². The first-order valence-corrected chi connectivity index (χ1v) is 6.99. The predicted molar refractivity (Wildman–Crippen MR) is 83.0 cm³/mol. The Balaban J connectivity index is 2.63. The number of halogens is 1. The Labute approximate surface area is 129 Å². The lowest BCUT2D eigenvalue weighted by Gasteiger charge is -2.07. The second-order valence-corrected chi connectivity index (χ2v) is 4.64. The van der Waals surface area contributed by atoms with E-state index in [2.05, 4.69) is 22.5 Å². The fraction of sp³-hybridized carbons (Fsp3) is 0.333. The molecule has 0 aliphatic heterocycles. The van der Waals surface area contributed by atoms with E-state index in [9.17, 15) is 9.59 Å². The van der Waals surface area contributed by atoms with E-state index >= 15 is 0 Å². The van der Waals surface area contributed by atoms with E-state index in [-0.39, 0.29) is 24.9 Å². The number of carbonyl (C=O) groups excluding carboxylic acids is 2. The van der Waals surface area contributed by atoms with E-state index in [1.807, 2.05) is 6.92 Å². The van der Waals surface area contributed by atoms with E-state index in [0.29, 0.717) is 22.7 Å². The number of carbonyl (C=O) groups is 2. The zero-order chi connectivity index (χ0) is 15.7. The molecule has 0 fully saturated rings. The quantitative estimate of drug-likeness (QED) is 0.707. The SMILES string of the molecule is CCCNC(=O)CNC(=O)c1ccc(C#CCN)c(Cl)c1. The molecule has 0 saturated carbocycles. The van der Waals surface area contributed by atoms with Gasteiger partial charge in [0.25, 0.3) is 5.91 Å². The predicted octanol–water partition coefficient (Wildman–Crippen LogP) is 0.906. The molecule has 0 saturated heterocycles. The fourth-order valence-corrected chi connectivity index (χ4v) is 1.72. The minimum absolute atomic E-state index is 0.0643. The number of rotatable bonds is 5. The maximum Gasteiger partial charge on any atom is 0.251 e. The van der Waals surface area contributed by atoms with Gasteiger partial charge in [-0.25, -0.2) is 0 Å². The van der Waals surface area contributed by atoms with Crippen molar-refractivity contribution in [3.8, 4) is 11.8 Å². The molecule has 0 radical (unpaired) electrons. The molecular formula is C15H18ClN3O2. The maximum absolute atomic E-state index is 11.9. The minimum Gasteiger partial charge on any atom is -0.355 e. The average Bonchev–Trinajstić information content (AvgIpc) is 2.49. The molecular weight excluding hydrogens is 290 g/mol. The zero-order valence-corrected chi connectivity index (χ0v) is 12.6. The molecule has 21 heavy (non-hydrogen) atoms. The van der Waals surface area contributed by atoms with Crippen molar-refractivity contribution < 1.29 is 9.59 Å². The van der Waals surface area contributed by atoms with Crippen molar-refractivity contribution in [3.05, 3.63) is 34.3 Å². The van der Waals surface area contributed by atoms with Gasteiger partial charge < -0.3 is 16.4 Å². The molecule has 0 heterocycles. The lowest BCUT2D eigenvalue weighted by molar-refractivity contribution is -0.120. The highest BCUT2D eigenvalue weighted by atomic mass is 35.5. The molecule has 0 atom stereocenters. The van der Waals surface area contributed by atoms with Crippen LogP contribution in [0.15, 0.2) is 18.2 Å². The van der Waals surface area contributed by atoms with Crippen LogP contribution in [0, 0.1) is 11.8 Å². The third-order valence-corrected chi connectivity index (χ3v) is 2.85. The highest BCUT2D eigenvalue weighted by Gasteiger charge is 2.09. The average molecular weight is 308 g/mol. The van der Waals surface area contributed by atoms with Crippen LogP contribution in [0.25, 0.3) is 0 Å². The second-order valence-electron chi connectivity index (χ2n) is 4.23. The Bertz CT molecular complexity index is 576. The van der Waals surface area contributed by atoms with Gasteiger partial charge in [0.15, 0.2) is 0 Å². The summed E-state index contributed by atoms with van der Waals surface area (Å²) in [6.45, 7) is 2.72. The first-order valence-electron chi connectivity index (χ1n) is 6.61. The number of nitrogens with two attached hydrogens (primary N) is 1. The Hall–Kier alpha value is -2.03. The van der Waals surface area contributed by atoms with Crippen molar-refractivity contribution in [1.82, 2.24) is 10.6 Å². The molecule has 112 valence electrons. The smallest absolute Gasteiger partial charge is 0.251 e. The van der Waals surface area contributed by atoms with Crippen LogP contribution in [-0.4, -0.2) is 31.4 Å². The highest BCUT2D eigenvalue weighted by Crippen LogP contribution is 2.16. The van der Waals surface area contributed by atoms with Crippen molar-refractivity contribution in [1.29, 1.82) is 0 Å². The van der Waals surface area contributed by atoms with Crippen molar-refractivity contribution in [3.63, 3.8) is 0 Å². The molecule has 0 aliphatic carbocycles. The molecule has 2 amide bonds. The minimum atomic E-state index is -0.359. The molecule has 1 aromatic rings. The van der Waals surface area contributed by atoms with Gasteiger partial charge in [-0.05, 0) is 24.6 Å². The molecule has 6 heteroatoms. The van der Waals surface area contributed by atoms with Crippen LogP contribution in [0.5, 0.6) is 0 Å². The van der Waals surface area contributed by atoms with Gasteiger partial charge in [-0.15, -0.1) is 0 Å². The van der Waals surface area contributed by atoms with Crippen molar-refractivity contribution in [2.24, 2.45) is 5.73 Å². The van der Waals surface area contributed by atoms with Gasteiger partial charge in [0.05, 0.1) is 18.1 Å². The topological polar surface area (TPSA) is 84.2 Å². The molecule has 0 unspecified atom stereocenters. The molecule has 0 spiro atoms. The van der Waals surface area contributed by atoms with Crippen LogP contribution < -0.4 is 16.4 Å². The summed E-state index contributed by atoms with van der Waals surface area (Å²) in [7, 11) is 0. The highest BCUT2D eigenvalue weighted by molar-refractivity contribution is 6.32. The molecule has 0 bridgehead atoms. The van der Waals surface area contributed by atoms with Crippen molar-refractivity contribution >= 4 is 23.4 Å². The van der Waals surface area contributed by atoms with Crippen molar-refractivity contribution in [2.45, 2.75) is 13.3 Å². The van der Waals surface area contributed by atoms with Gasteiger partial charge >= 0.3 is 0 Å².